The monoisotopic (exact) mass is 327 g/mol. The van der Waals surface area contributed by atoms with Crippen molar-refractivity contribution in [2.45, 2.75) is 25.5 Å². The van der Waals surface area contributed by atoms with Crippen LogP contribution < -0.4 is 4.74 Å². The Kier molecular flexibility index (Phi) is 4.29. The normalized spacial score (nSPS) is 26.7. The van der Waals surface area contributed by atoms with Crippen LogP contribution in [-0.2, 0) is 11.3 Å². The van der Waals surface area contributed by atoms with Crippen molar-refractivity contribution in [2.24, 2.45) is 11.8 Å². The summed E-state index contributed by atoms with van der Waals surface area (Å²) in [7, 11) is 3.58. The molecule has 1 aliphatic carbocycles. The molecule has 1 aromatic heterocycles. The van der Waals surface area contributed by atoms with E-state index < -0.39 is 0 Å². The molecule has 4 rings (SSSR count). The van der Waals surface area contributed by atoms with Crippen LogP contribution in [0.4, 0.5) is 0 Å². The van der Waals surface area contributed by atoms with Gasteiger partial charge in [0, 0.05) is 39.1 Å². The van der Waals surface area contributed by atoms with Gasteiger partial charge >= 0.3 is 0 Å². The second-order valence-corrected chi connectivity index (χ2v) is 6.94. The van der Waals surface area contributed by atoms with E-state index >= 15 is 0 Å². The lowest BCUT2D eigenvalue weighted by Gasteiger charge is -2.37. The van der Waals surface area contributed by atoms with Crippen molar-refractivity contribution in [2.75, 3.05) is 27.3 Å². The van der Waals surface area contributed by atoms with Crippen LogP contribution in [0.25, 0.3) is 5.69 Å². The highest BCUT2D eigenvalue weighted by molar-refractivity contribution is 5.45. The first-order valence-corrected chi connectivity index (χ1v) is 8.70. The Hall–Kier alpha value is -1.85. The maximum Gasteiger partial charge on any atom is 0.119 e. The van der Waals surface area contributed by atoms with Crippen molar-refractivity contribution in [1.82, 2.24) is 14.7 Å². The lowest BCUT2D eigenvalue weighted by molar-refractivity contribution is -0.0180. The molecule has 2 bridgehead atoms. The number of fused-ring (bicyclic) bond motifs is 2. The molecule has 2 unspecified atom stereocenters. The van der Waals surface area contributed by atoms with Gasteiger partial charge in [0.2, 0.25) is 0 Å². The maximum absolute atomic E-state index is 5.74. The van der Waals surface area contributed by atoms with Crippen LogP contribution in [0, 0.1) is 11.8 Å². The molecule has 0 spiro atoms. The van der Waals surface area contributed by atoms with E-state index in [9.17, 15) is 0 Å². The Morgan fingerprint density at radius 2 is 1.96 bits per heavy atom. The highest BCUT2D eigenvalue weighted by atomic mass is 16.5. The number of benzene rings is 1. The molecule has 2 atom stereocenters. The lowest BCUT2D eigenvalue weighted by Crippen LogP contribution is -2.45. The Balaban J connectivity index is 1.58. The summed E-state index contributed by atoms with van der Waals surface area (Å²) in [6.45, 7) is 3.16. The van der Waals surface area contributed by atoms with E-state index in [4.69, 9.17) is 9.47 Å². The van der Waals surface area contributed by atoms with Gasteiger partial charge in [0.15, 0.2) is 0 Å². The molecular formula is C19H25N3O2. The zero-order valence-corrected chi connectivity index (χ0v) is 14.4. The van der Waals surface area contributed by atoms with Crippen LogP contribution in [0.15, 0.2) is 36.7 Å². The van der Waals surface area contributed by atoms with Gasteiger partial charge in [0.05, 0.1) is 18.9 Å². The molecular weight excluding hydrogens is 302 g/mol. The third-order valence-corrected chi connectivity index (χ3v) is 5.53. The fourth-order valence-corrected chi connectivity index (χ4v) is 4.47. The summed E-state index contributed by atoms with van der Waals surface area (Å²) < 4.78 is 13.1. The zero-order chi connectivity index (χ0) is 16.5. The maximum atomic E-state index is 5.74. The molecule has 2 aliphatic rings. The topological polar surface area (TPSA) is 39.5 Å². The largest absolute Gasteiger partial charge is 0.497 e. The lowest BCUT2D eigenvalue weighted by atomic mass is 9.94. The van der Waals surface area contributed by atoms with Crippen molar-refractivity contribution in [3.8, 4) is 11.4 Å². The van der Waals surface area contributed by atoms with Crippen LogP contribution in [0.2, 0.25) is 0 Å². The Morgan fingerprint density at radius 3 is 2.58 bits per heavy atom. The van der Waals surface area contributed by atoms with Gasteiger partial charge in [-0.25, -0.2) is 4.68 Å². The molecule has 0 amide bonds. The summed E-state index contributed by atoms with van der Waals surface area (Å²) in [4.78, 5) is 2.57. The molecule has 5 nitrogen and oxygen atoms in total. The summed E-state index contributed by atoms with van der Waals surface area (Å²) in [6, 6.07) is 8.19. The molecule has 1 aliphatic heterocycles. The number of rotatable bonds is 5. The molecule has 0 radical (unpaired) electrons. The number of nitrogens with zero attached hydrogens (tertiary/aromatic N) is 3. The first-order valence-electron chi connectivity index (χ1n) is 8.70. The molecule has 1 aromatic carbocycles. The summed E-state index contributed by atoms with van der Waals surface area (Å²) in [5.74, 6) is 2.25. The Morgan fingerprint density at radius 1 is 1.17 bits per heavy atom. The van der Waals surface area contributed by atoms with Crippen molar-refractivity contribution in [3.05, 3.63) is 42.2 Å². The van der Waals surface area contributed by atoms with Gasteiger partial charge in [-0.2, -0.15) is 5.10 Å². The highest BCUT2D eigenvalue weighted by Gasteiger charge is 2.42. The molecule has 1 saturated carbocycles. The summed E-state index contributed by atoms with van der Waals surface area (Å²) >= 11 is 0. The second-order valence-electron chi connectivity index (χ2n) is 6.94. The molecule has 2 heterocycles. The number of methoxy groups -OCH3 is 2. The predicted molar refractivity (Wildman–Crippen MR) is 92.4 cm³/mol. The van der Waals surface area contributed by atoms with Gasteiger partial charge in [0.25, 0.3) is 0 Å². The van der Waals surface area contributed by atoms with Gasteiger partial charge < -0.3 is 9.47 Å². The number of likely N-dealkylation sites (tertiary alicyclic amines) is 1. The number of aromatic nitrogens is 2. The zero-order valence-electron chi connectivity index (χ0n) is 14.4. The highest BCUT2D eigenvalue weighted by Crippen LogP contribution is 2.39. The number of piperidine rings is 1. The van der Waals surface area contributed by atoms with Crippen LogP contribution >= 0.6 is 0 Å². The van der Waals surface area contributed by atoms with Crippen molar-refractivity contribution < 1.29 is 9.47 Å². The van der Waals surface area contributed by atoms with E-state index in [2.05, 4.69) is 22.1 Å². The van der Waals surface area contributed by atoms with Crippen LogP contribution in [0.1, 0.15) is 18.4 Å². The minimum atomic E-state index is 0.456. The van der Waals surface area contributed by atoms with E-state index in [1.165, 1.54) is 18.4 Å². The fraction of sp³-hybridized carbons (Fsp3) is 0.526. The SMILES string of the molecule is COc1ccc(-n2cccn2)c(CN2CC3CCC(C2)C3OC)c1. The van der Waals surface area contributed by atoms with E-state index in [0.29, 0.717) is 17.9 Å². The predicted octanol–water partition coefficient (Wildman–Crippen LogP) is 2.74. The second kappa shape index (κ2) is 6.57. The van der Waals surface area contributed by atoms with Crippen LogP contribution in [-0.4, -0.2) is 48.1 Å². The molecule has 2 fully saturated rings. The van der Waals surface area contributed by atoms with Crippen LogP contribution in [0.3, 0.4) is 0 Å². The van der Waals surface area contributed by atoms with Gasteiger partial charge in [-0.05, 0) is 54.5 Å². The average Bonchev–Trinajstić information content (AvgIpc) is 3.21. The van der Waals surface area contributed by atoms with E-state index in [1.807, 2.05) is 36.3 Å². The molecule has 24 heavy (non-hydrogen) atoms. The average molecular weight is 327 g/mol. The van der Waals surface area contributed by atoms with Gasteiger partial charge in [-0.3, -0.25) is 4.90 Å². The molecule has 0 N–H and O–H groups in total. The Labute approximate surface area is 143 Å². The third-order valence-electron chi connectivity index (χ3n) is 5.53. The van der Waals surface area contributed by atoms with E-state index in [-0.39, 0.29) is 0 Å². The standard InChI is InChI=1S/C19H25N3O2/c1-23-17-6-7-18(22-9-3-8-20-22)16(10-17)13-21-11-14-4-5-15(12-21)19(14)24-2/h3,6-10,14-15,19H,4-5,11-13H2,1-2H3. The van der Waals surface area contributed by atoms with Gasteiger partial charge in [0.1, 0.15) is 5.75 Å². The molecule has 1 saturated heterocycles. The fourth-order valence-electron chi connectivity index (χ4n) is 4.47. The molecule has 128 valence electrons. The van der Waals surface area contributed by atoms with Gasteiger partial charge in [-0.15, -0.1) is 0 Å². The van der Waals surface area contributed by atoms with Gasteiger partial charge in [-0.1, -0.05) is 0 Å². The smallest absolute Gasteiger partial charge is 0.119 e. The molecule has 5 heteroatoms. The van der Waals surface area contributed by atoms with Crippen molar-refractivity contribution in [3.63, 3.8) is 0 Å². The minimum absolute atomic E-state index is 0.456. The Bertz CT molecular complexity index is 672. The van der Waals surface area contributed by atoms with Crippen LogP contribution in [0.5, 0.6) is 5.75 Å². The molecule has 2 aromatic rings. The van der Waals surface area contributed by atoms with E-state index in [0.717, 1.165) is 31.1 Å². The first-order chi connectivity index (χ1) is 11.8. The minimum Gasteiger partial charge on any atom is -0.497 e. The number of ether oxygens (including phenoxy) is 2. The summed E-state index contributed by atoms with van der Waals surface area (Å²) in [5.41, 5.74) is 2.38. The quantitative estimate of drug-likeness (QED) is 0.846. The van der Waals surface area contributed by atoms with Crippen molar-refractivity contribution >= 4 is 0 Å². The number of hydrogen-bond acceptors (Lipinski definition) is 4. The van der Waals surface area contributed by atoms with E-state index in [1.54, 1.807) is 7.11 Å². The number of hydrogen-bond donors (Lipinski definition) is 0. The summed E-state index contributed by atoms with van der Waals surface area (Å²) in [5, 5.41) is 4.40. The third kappa shape index (κ3) is 2.82. The first kappa shape index (κ1) is 15.7. The van der Waals surface area contributed by atoms with Crippen molar-refractivity contribution in [1.29, 1.82) is 0 Å². The summed E-state index contributed by atoms with van der Waals surface area (Å²) in [6.07, 6.45) is 6.86.